The first-order chi connectivity index (χ1) is 4.72. The van der Waals surface area contributed by atoms with Crippen molar-refractivity contribution in [1.29, 1.82) is 0 Å². The van der Waals surface area contributed by atoms with E-state index >= 15 is 0 Å². The topological polar surface area (TPSA) is 26.3 Å². The fourth-order valence-corrected chi connectivity index (χ4v) is 7.39. The van der Waals surface area contributed by atoms with E-state index in [1.807, 2.05) is 0 Å². The Morgan fingerprint density at radius 2 is 2.10 bits per heavy atom. The Morgan fingerprint density at radius 3 is 2.30 bits per heavy atom. The third-order valence-corrected chi connectivity index (χ3v) is 11.6. The van der Waals surface area contributed by atoms with Gasteiger partial charge >= 0.3 is 64.2 Å². The van der Waals surface area contributed by atoms with Crippen LogP contribution in [0.4, 0.5) is 0 Å². The summed E-state index contributed by atoms with van der Waals surface area (Å²) in [5, 5.41) is 3.39. The SMILES string of the molecule is C[CH2][Ge]1([CH2]C)[CH2]CC(=O)[O]1. The van der Waals surface area contributed by atoms with E-state index in [4.69, 9.17) is 3.76 Å². The fraction of sp³-hybridized carbons (Fsp3) is 0.857. The van der Waals surface area contributed by atoms with Crippen LogP contribution in [0.25, 0.3) is 0 Å². The van der Waals surface area contributed by atoms with E-state index in [0.29, 0.717) is 6.42 Å². The van der Waals surface area contributed by atoms with E-state index in [1.54, 1.807) is 0 Å². The Labute approximate surface area is 64.6 Å². The molecule has 0 unspecified atom stereocenters. The first-order valence-electron chi connectivity index (χ1n) is 3.94. The average molecular weight is 203 g/mol. The third-order valence-electron chi connectivity index (χ3n) is 2.40. The monoisotopic (exact) mass is 204 g/mol. The number of carbonyl (C=O) groups excluding carboxylic acids is 1. The van der Waals surface area contributed by atoms with Gasteiger partial charge in [-0.1, -0.05) is 0 Å². The molecule has 0 saturated carbocycles. The van der Waals surface area contributed by atoms with Crippen molar-refractivity contribution in [3.63, 3.8) is 0 Å². The second-order valence-corrected chi connectivity index (χ2v) is 12.3. The Kier molecular flexibility index (Phi) is 2.39. The minimum absolute atomic E-state index is 0.0590. The molecule has 3 heteroatoms. The molecule has 1 rings (SSSR count). The van der Waals surface area contributed by atoms with Crippen LogP contribution in [0.15, 0.2) is 0 Å². The van der Waals surface area contributed by atoms with Crippen molar-refractivity contribution in [2.45, 2.75) is 36.0 Å². The molecule has 1 heterocycles. The Morgan fingerprint density at radius 1 is 1.50 bits per heavy atom. The normalized spacial score (nSPS) is 22.8. The molecule has 0 aromatic heterocycles. The van der Waals surface area contributed by atoms with Gasteiger partial charge in [-0.15, -0.1) is 0 Å². The van der Waals surface area contributed by atoms with Crippen molar-refractivity contribution >= 4 is 19.6 Å². The molecule has 10 heavy (non-hydrogen) atoms. The Balaban J connectivity index is 2.59. The maximum absolute atomic E-state index is 10.8. The summed E-state index contributed by atoms with van der Waals surface area (Å²) in [6.45, 7) is 4.31. The molecule has 0 N–H and O–H groups in total. The van der Waals surface area contributed by atoms with Crippen molar-refractivity contribution in [2.24, 2.45) is 0 Å². The first-order valence-corrected chi connectivity index (χ1v) is 9.25. The molecule has 1 aliphatic heterocycles. The second-order valence-electron chi connectivity index (χ2n) is 2.86. The number of carbonyl (C=O) groups is 1. The van der Waals surface area contributed by atoms with Crippen LogP contribution in [-0.4, -0.2) is 19.6 Å². The molecule has 0 amide bonds. The molecule has 1 fully saturated rings. The van der Waals surface area contributed by atoms with E-state index in [1.165, 1.54) is 0 Å². The summed E-state index contributed by atoms with van der Waals surface area (Å²) in [7, 11) is 0. The molecule has 1 saturated heterocycles. The summed E-state index contributed by atoms with van der Waals surface area (Å²) >= 11 is -1.98. The van der Waals surface area contributed by atoms with Gasteiger partial charge in [-0.3, -0.25) is 0 Å². The van der Waals surface area contributed by atoms with Crippen LogP contribution in [0.2, 0.25) is 15.8 Å². The van der Waals surface area contributed by atoms with E-state index in [2.05, 4.69) is 13.8 Å². The molecule has 0 aliphatic carbocycles. The number of hydrogen-bond acceptors (Lipinski definition) is 2. The average Bonchev–Trinajstić information content (AvgIpc) is 2.33. The van der Waals surface area contributed by atoms with Gasteiger partial charge in [0.15, 0.2) is 0 Å². The van der Waals surface area contributed by atoms with Crippen molar-refractivity contribution in [1.82, 2.24) is 0 Å². The van der Waals surface area contributed by atoms with E-state index in [0.717, 1.165) is 15.8 Å². The van der Waals surface area contributed by atoms with Crippen molar-refractivity contribution in [2.75, 3.05) is 0 Å². The van der Waals surface area contributed by atoms with Crippen LogP contribution < -0.4 is 0 Å². The number of hydrogen-bond donors (Lipinski definition) is 0. The third kappa shape index (κ3) is 1.36. The van der Waals surface area contributed by atoms with Crippen LogP contribution in [0.3, 0.4) is 0 Å². The van der Waals surface area contributed by atoms with Crippen molar-refractivity contribution < 1.29 is 8.56 Å². The minimum atomic E-state index is -1.98. The van der Waals surface area contributed by atoms with E-state index in [9.17, 15) is 4.79 Å². The molecule has 2 nitrogen and oxygen atoms in total. The number of rotatable bonds is 2. The van der Waals surface area contributed by atoms with Crippen LogP contribution in [-0.2, 0) is 8.56 Å². The fourth-order valence-electron chi connectivity index (χ4n) is 1.42. The summed E-state index contributed by atoms with van der Waals surface area (Å²) in [6.07, 6.45) is 0.696. The van der Waals surface area contributed by atoms with Crippen LogP contribution in [0.5, 0.6) is 0 Å². The summed E-state index contributed by atoms with van der Waals surface area (Å²) in [6, 6.07) is 0. The summed E-state index contributed by atoms with van der Waals surface area (Å²) in [5.41, 5.74) is 0. The Hall–Kier alpha value is 0.0129. The zero-order chi connectivity index (χ0) is 7.61. The van der Waals surface area contributed by atoms with Crippen LogP contribution >= 0.6 is 0 Å². The predicted molar refractivity (Wildman–Crippen MR) is 42.2 cm³/mol. The maximum atomic E-state index is 10.8. The predicted octanol–water partition coefficient (Wildman–Crippen LogP) is 1.92. The van der Waals surface area contributed by atoms with Gasteiger partial charge < -0.3 is 0 Å². The van der Waals surface area contributed by atoms with Crippen LogP contribution in [0, 0.1) is 0 Å². The standard InChI is InChI=1S/C7H14GeO2/c1-3-8(4-2)6-5-7(9)10-8/h3-6H2,1-2H3. The van der Waals surface area contributed by atoms with Gasteiger partial charge in [-0.25, -0.2) is 0 Å². The van der Waals surface area contributed by atoms with Crippen LogP contribution in [0.1, 0.15) is 20.3 Å². The zero-order valence-corrected chi connectivity index (χ0v) is 8.74. The molecular weight excluding hydrogens is 189 g/mol. The second kappa shape index (κ2) is 2.95. The molecule has 58 valence electrons. The van der Waals surface area contributed by atoms with Gasteiger partial charge in [-0.2, -0.15) is 0 Å². The summed E-state index contributed by atoms with van der Waals surface area (Å²) in [4.78, 5) is 10.8. The molecule has 0 spiro atoms. The molecule has 1 aliphatic rings. The molecule has 0 radical (unpaired) electrons. The molecule has 0 bridgehead atoms. The van der Waals surface area contributed by atoms with Crippen molar-refractivity contribution in [3.05, 3.63) is 0 Å². The van der Waals surface area contributed by atoms with Gasteiger partial charge in [0.2, 0.25) is 0 Å². The van der Waals surface area contributed by atoms with E-state index in [-0.39, 0.29) is 5.97 Å². The molecular formula is C7H14GeO2. The van der Waals surface area contributed by atoms with Crippen molar-refractivity contribution in [3.8, 4) is 0 Å². The van der Waals surface area contributed by atoms with Gasteiger partial charge in [0.05, 0.1) is 0 Å². The summed E-state index contributed by atoms with van der Waals surface area (Å²) < 4.78 is 5.40. The quantitative estimate of drug-likeness (QED) is 0.640. The van der Waals surface area contributed by atoms with Gasteiger partial charge in [-0.05, 0) is 0 Å². The Bertz CT molecular complexity index is 141. The zero-order valence-electron chi connectivity index (χ0n) is 6.64. The van der Waals surface area contributed by atoms with Gasteiger partial charge in [0.1, 0.15) is 0 Å². The summed E-state index contributed by atoms with van der Waals surface area (Å²) in [5.74, 6) is 0.0590. The van der Waals surface area contributed by atoms with E-state index < -0.39 is 13.6 Å². The van der Waals surface area contributed by atoms with Gasteiger partial charge in [0, 0.05) is 0 Å². The first kappa shape index (κ1) is 8.11. The van der Waals surface area contributed by atoms with Gasteiger partial charge in [0.25, 0.3) is 0 Å². The molecule has 0 aromatic rings. The molecule has 0 atom stereocenters. The molecule has 0 aromatic carbocycles.